The van der Waals surface area contributed by atoms with Gasteiger partial charge in [-0.1, -0.05) is 46.8 Å². The van der Waals surface area contributed by atoms with Crippen LogP contribution in [0.25, 0.3) is 0 Å². The Kier molecular flexibility index (Phi) is 7.08. The number of ether oxygens (including phenoxy) is 2. The quantitative estimate of drug-likeness (QED) is 0.393. The zero-order valence-electron chi connectivity index (χ0n) is 14.8. The SMILES string of the molecule is CC(OCCC=O)Oc1ccc(C(C(C)C)C(C)(C)C)cc1. The fourth-order valence-corrected chi connectivity index (χ4v) is 3.15. The van der Waals surface area contributed by atoms with Crippen molar-refractivity contribution in [3.63, 3.8) is 0 Å². The van der Waals surface area contributed by atoms with Gasteiger partial charge in [0.05, 0.1) is 6.61 Å². The number of rotatable bonds is 8. The third kappa shape index (κ3) is 5.80. The molecule has 0 spiro atoms. The summed E-state index contributed by atoms with van der Waals surface area (Å²) in [5.41, 5.74) is 1.56. The Morgan fingerprint density at radius 3 is 2.14 bits per heavy atom. The van der Waals surface area contributed by atoms with Crippen molar-refractivity contribution in [1.82, 2.24) is 0 Å². The van der Waals surface area contributed by atoms with Crippen molar-refractivity contribution >= 4 is 6.29 Å². The highest BCUT2D eigenvalue weighted by Gasteiger charge is 2.28. The van der Waals surface area contributed by atoms with E-state index < -0.39 is 0 Å². The van der Waals surface area contributed by atoms with Crippen LogP contribution in [0.4, 0.5) is 0 Å². The molecule has 0 aliphatic heterocycles. The summed E-state index contributed by atoms with van der Waals surface area (Å²) >= 11 is 0. The first kappa shape index (κ1) is 18.7. The van der Waals surface area contributed by atoms with Crippen molar-refractivity contribution in [1.29, 1.82) is 0 Å². The Hall–Kier alpha value is -1.35. The van der Waals surface area contributed by atoms with Gasteiger partial charge < -0.3 is 14.3 Å². The lowest BCUT2D eigenvalue weighted by Gasteiger charge is -2.34. The van der Waals surface area contributed by atoms with Gasteiger partial charge in [0.2, 0.25) is 0 Å². The molecule has 1 rings (SSSR count). The van der Waals surface area contributed by atoms with Crippen LogP contribution < -0.4 is 4.74 Å². The average molecular weight is 306 g/mol. The smallest absolute Gasteiger partial charge is 0.196 e. The molecule has 0 bridgehead atoms. The Labute approximate surface area is 135 Å². The molecule has 0 heterocycles. The van der Waals surface area contributed by atoms with E-state index in [9.17, 15) is 4.79 Å². The molecule has 0 saturated heterocycles. The minimum atomic E-state index is -0.352. The van der Waals surface area contributed by atoms with Crippen LogP contribution >= 0.6 is 0 Å². The molecule has 0 aromatic heterocycles. The fourth-order valence-electron chi connectivity index (χ4n) is 3.15. The van der Waals surface area contributed by atoms with Gasteiger partial charge in [-0.2, -0.15) is 0 Å². The van der Waals surface area contributed by atoms with Crippen molar-refractivity contribution in [2.45, 2.75) is 60.2 Å². The monoisotopic (exact) mass is 306 g/mol. The first-order valence-electron chi connectivity index (χ1n) is 8.07. The van der Waals surface area contributed by atoms with Crippen molar-refractivity contribution in [2.75, 3.05) is 6.61 Å². The molecule has 3 nitrogen and oxygen atoms in total. The summed E-state index contributed by atoms with van der Waals surface area (Å²) in [5.74, 6) is 1.87. The number of carbonyl (C=O) groups excluding carboxylic acids is 1. The number of hydrogen-bond acceptors (Lipinski definition) is 3. The molecule has 0 radical (unpaired) electrons. The number of benzene rings is 1. The largest absolute Gasteiger partial charge is 0.465 e. The molecular formula is C19H30O3. The van der Waals surface area contributed by atoms with E-state index in [1.54, 1.807) is 0 Å². The second-order valence-corrected chi connectivity index (χ2v) is 7.17. The van der Waals surface area contributed by atoms with Crippen molar-refractivity contribution in [3.05, 3.63) is 29.8 Å². The van der Waals surface area contributed by atoms with Crippen molar-refractivity contribution < 1.29 is 14.3 Å². The lowest BCUT2D eigenvalue weighted by molar-refractivity contribution is -0.111. The van der Waals surface area contributed by atoms with E-state index in [4.69, 9.17) is 9.47 Å². The molecule has 3 heteroatoms. The van der Waals surface area contributed by atoms with Crippen LogP contribution in [0.5, 0.6) is 5.75 Å². The molecule has 2 unspecified atom stereocenters. The summed E-state index contributed by atoms with van der Waals surface area (Å²) in [7, 11) is 0. The second-order valence-electron chi connectivity index (χ2n) is 7.17. The first-order valence-corrected chi connectivity index (χ1v) is 8.07. The summed E-state index contributed by atoms with van der Waals surface area (Å²) in [5, 5.41) is 0. The second kappa shape index (κ2) is 8.33. The molecule has 0 fully saturated rings. The highest BCUT2D eigenvalue weighted by atomic mass is 16.7. The maximum Gasteiger partial charge on any atom is 0.196 e. The Morgan fingerprint density at radius 1 is 1.09 bits per heavy atom. The van der Waals surface area contributed by atoms with Crippen LogP contribution in [-0.2, 0) is 9.53 Å². The molecule has 2 atom stereocenters. The van der Waals surface area contributed by atoms with Crippen LogP contribution in [0.1, 0.15) is 59.4 Å². The third-order valence-electron chi connectivity index (χ3n) is 3.73. The van der Waals surface area contributed by atoms with Crippen LogP contribution in [0.2, 0.25) is 0 Å². The van der Waals surface area contributed by atoms with E-state index in [1.165, 1.54) is 5.56 Å². The molecule has 0 aliphatic rings. The summed E-state index contributed by atoms with van der Waals surface area (Å²) in [6.07, 6.45) is 0.892. The Bertz CT molecular complexity index is 443. The predicted octanol–water partition coefficient (Wildman–Crippen LogP) is 4.80. The Morgan fingerprint density at radius 2 is 1.68 bits per heavy atom. The van der Waals surface area contributed by atoms with Crippen LogP contribution in [0.15, 0.2) is 24.3 Å². The first-order chi connectivity index (χ1) is 10.3. The van der Waals surface area contributed by atoms with Gasteiger partial charge in [-0.3, -0.25) is 0 Å². The van der Waals surface area contributed by atoms with Gasteiger partial charge in [0, 0.05) is 6.42 Å². The van der Waals surface area contributed by atoms with E-state index >= 15 is 0 Å². The maximum absolute atomic E-state index is 10.3. The molecule has 0 aliphatic carbocycles. The fraction of sp³-hybridized carbons (Fsp3) is 0.632. The molecule has 1 aromatic rings. The zero-order valence-corrected chi connectivity index (χ0v) is 14.8. The summed E-state index contributed by atoms with van der Waals surface area (Å²) in [6, 6.07) is 8.28. The highest BCUT2D eigenvalue weighted by molar-refractivity contribution is 5.49. The maximum atomic E-state index is 10.3. The third-order valence-corrected chi connectivity index (χ3v) is 3.73. The highest BCUT2D eigenvalue weighted by Crippen LogP contribution is 2.40. The lowest BCUT2D eigenvalue weighted by Crippen LogP contribution is -2.23. The van der Waals surface area contributed by atoms with E-state index in [0.29, 0.717) is 24.9 Å². The summed E-state index contributed by atoms with van der Waals surface area (Å²) in [4.78, 5) is 10.3. The van der Waals surface area contributed by atoms with Gasteiger partial charge in [0.1, 0.15) is 12.0 Å². The van der Waals surface area contributed by atoms with Gasteiger partial charge in [0.25, 0.3) is 0 Å². The van der Waals surface area contributed by atoms with Crippen LogP contribution in [0.3, 0.4) is 0 Å². The van der Waals surface area contributed by atoms with E-state index in [1.807, 2.05) is 19.1 Å². The molecule has 1 aromatic carbocycles. The number of aldehydes is 1. The average Bonchev–Trinajstić information content (AvgIpc) is 2.39. The minimum Gasteiger partial charge on any atom is -0.465 e. The van der Waals surface area contributed by atoms with Gasteiger partial charge in [-0.05, 0) is 41.9 Å². The standard InChI is InChI=1S/C19H30O3/c1-14(2)18(19(4,5)6)16-8-10-17(11-9-16)22-15(3)21-13-7-12-20/h8-12,14-15,18H,7,13H2,1-6H3. The number of hydrogen-bond donors (Lipinski definition) is 0. The molecule has 124 valence electrons. The molecule has 0 amide bonds. The lowest BCUT2D eigenvalue weighted by atomic mass is 9.70. The van der Waals surface area contributed by atoms with Gasteiger partial charge in [0.15, 0.2) is 6.29 Å². The van der Waals surface area contributed by atoms with Crippen molar-refractivity contribution in [2.24, 2.45) is 11.3 Å². The topological polar surface area (TPSA) is 35.5 Å². The summed E-state index contributed by atoms with van der Waals surface area (Å²) < 4.78 is 11.1. The molecular weight excluding hydrogens is 276 g/mol. The van der Waals surface area contributed by atoms with E-state index in [-0.39, 0.29) is 11.7 Å². The molecule has 22 heavy (non-hydrogen) atoms. The van der Waals surface area contributed by atoms with Gasteiger partial charge in [-0.15, -0.1) is 0 Å². The zero-order chi connectivity index (χ0) is 16.8. The number of carbonyl (C=O) groups is 1. The summed E-state index contributed by atoms with van der Waals surface area (Å²) in [6.45, 7) is 13.6. The van der Waals surface area contributed by atoms with Gasteiger partial charge >= 0.3 is 0 Å². The van der Waals surface area contributed by atoms with Gasteiger partial charge in [-0.25, -0.2) is 0 Å². The van der Waals surface area contributed by atoms with Crippen molar-refractivity contribution in [3.8, 4) is 5.75 Å². The normalized spacial score (nSPS) is 14.7. The predicted molar refractivity (Wildman–Crippen MR) is 90.2 cm³/mol. The van der Waals surface area contributed by atoms with Crippen LogP contribution in [-0.4, -0.2) is 19.2 Å². The Balaban J connectivity index is 2.71. The van der Waals surface area contributed by atoms with E-state index in [0.717, 1.165) is 12.0 Å². The minimum absolute atomic E-state index is 0.224. The van der Waals surface area contributed by atoms with E-state index in [2.05, 4.69) is 46.8 Å². The molecule has 0 saturated carbocycles. The molecule has 0 N–H and O–H groups in total. The van der Waals surface area contributed by atoms with Crippen LogP contribution in [0, 0.1) is 11.3 Å².